The van der Waals surface area contributed by atoms with Gasteiger partial charge >= 0.3 is 0 Å². The monoisotopic (exact) mass is 202 g/mol. The number of rotatable bonds is 6. The number of halogens is 1. The molecule has 0 aliphatic heterocycles. The van der Waals surface area contributed by atoms with Crippen LogP contribution in [0.5, 0.6) is 0 Å². The van der Waals surface area contributed by atoms with Crippen LogP contribution < -0.4 is 5.32 Å². The Morgan fingerprint density at radius 3 is 3.00 bits per heavy atom. The molecule has 0 spiro atoms. The van der Waals surface area contributed by atoms with Crippen LogP contribution in [0.25, 0.3) is 0 Å². The molecule has 4 nitrogen and oxygen atoms in total. The number of aromatic nitrogens is 3. The van der Waals surface area contributed by atoms with Crippen molar-refractivity contribution in [1.29, 1.82) is 0 Å². The lowest BCUT2D eigenvalue weighted by Gasteiger charge is -1.99. The standard InChI is InChI=1S/C8H15ClN4/c1-13-7-8(11-12-13)6-10-5-3-2-4-9/h7,10H,2-6H2,1H3. The van der Waals surface area contributed by atoms with Gasteiger partial charge in [0.25, 0.3) is 0 Å². The minimum absolute atomic E-state index is 0.743. The molecule has 0 aromatic carbocycles. The average molecular weight is 203 g/mol. The highest BCUT2D eigenvalue weighted by Gasteiger charge is 1.96. The number of alkyl halides is 1. The molecule has 0 bridgehead atoms. The van der Waals surface area contributed by atoms with E-state index >= 15 is 0 Å². The Balaban J connectivity index is 2.06. The minimum atomic E-state index is 0.743. The molecule has 0 aliphatic carbocycles. The van der Waals surface area contributed by atoms with Gasteiger partial charge in [0, 0.05) is 25.7 Å². The molecule has 0 fully saturated rings. The van der Waals surface area contributed by atoms with Crippen LogP contribution in [0, 0.1) is 0 Å². The third-order valence-corrected chi connectivity index (χ3v) is 1.96. The van der Waals surface area contributed by atoms with E-state index in [0.29, 0.717) is 0 Å². The highest BCUT2D eigenvalue weighted by Crippen LogP contribution is 1.92. The molecule has 0 aliphatic rings. The first kappa shape index (κ1) is 10.5. The molecular weight excluding hydrogens is 188 g/mol. The number of unbranched alkanes of at least 4 members (excludes halogenated alkanes) is 1. The summed E-state index contributed by atoms with van der Waals surface area (Å²) < 4.78 is 1.70. The zero-order valence-corrected chi connectivity index (χ0v) is 8.59. The molecule has 1 rings (SSSR count). The van der Waals surface area contributed by atoms with Crippen molar-refractivity contribution in [2.24, 2.45) is 7.05 Å². The zero-order valence-electron chi connectivity index (χ0n) is 7.83. The van der Waals surface area contributed by atoms with Crippen molar-refractivity contribution in [2.45, 2.75) is 19.4 Å². The average Bonchev–Trinajstić information content (AvgIpc) is 2.51. The molecule has 0 radical (unpaired) electrons. The van der Waals surface area contributed by atoms with Crippen molar-refractivity contribution in [1.82, 2.24) is 20.3 Å². The fourth-order valence-electron chi connectivity index (χ4n) is 1.04. The smallest absolute Gasteiger partial charge is 0.0964 e. The van der Waals surface area contributed by atoms with E-state index in [9.17, 15) is 0 Å². The van der Waals surface area contributed by atoms with Crippen LogP contribution in [0.1, 0.15) is 18.5 Å². The lowest BCUT2D eigenvalue weighted by molar-refractivity contribution is 0.633. The van der Waals surface area contributed by atoms with E-state index < -0.39 is 0 Å². The third-order valence-electron chi connectivity index (χ3n) is 1.69. The summed E-state index contributed by atoms with van der Waals surface area (Å²) in [6, 6.07) is 0. The number of nitrogens with zero attached hydrogens (tertiary/aromatic N) is 3. The van der Waals surface area contributed by atoms with Crippen molar-refractivity contribution in [3.8, 4) is 0 Å². The van der Waals surface area contributed by atoms with Crippen LogP contribution in [0.3, 0.4) is 0 Å². The second-order valence-corrected chi connectivity index (χ2v) is 3.33. The molecule has 1 N–H and O–H groups in total. The van der Waals surface area contributed by atoms with Gasteiger partial charge in [-0.05, 0) is 19.4 Å². The molecule has 5 heteroatoms. The molecule has 74 valence electrons. The van der Waals surface area contributed by atoms with E-state index in [-0.39, 0.29) is 0 Å². The molecule has 0 unspecified atom stereocenters. The Labute approximate surface area is 83.3 Å². The lowest BCUT2D eigenvalue weighted by atomic mass is 10.3. The first-order valence-electron chi connectivity index (χ1n) is 4.45. The lowest BCUT2D eigenvalue weighted by Crippen LogP contribution is -2.15. The van der Waals surface area contributed by atoms with E-state index in [2.05, 4.69) is 15.6 Å². The van der Waals surface area contributed by atoms with E-state index in [1.54, 1.807) is 4.68 Å². The molecule has 0 atom stereocenters. The molecule has 13 heavy (non-hydrogen) atoms. The van der Waals surface area contributed by atoms with Gasteiger partial charge in [-0.3, -0.25) is 4.68 Å². The first-order chi connectivity index (χ1) is 6.33. The minimum Gasteiger partial charge on any atom is -0.311 e. The normalized spacial score (nSPS) is 10.6. The molecule has 1 aromatic heterocycles. The second kappa shape index (κ2) is 5.94. The van der Waals surface area contributed by atoms with Crippen molar-refractivity contribution in [3.05, 3.63) is 11.9 Å². The van der Waals surface area contributed by atoms with E-state index in [1.807, 2.05) is 13.2 Å². The largest absolute Gasteiger partial charge is 0.311 e. The van der Waals surface area contributed by atoms with Gasteiger partial charge in [0.15, 0.2) is 0 Å². The molecule has 0 amide bonds. The molecule has 1 aromatic rings. The van der Waals surface area contributed by atoms with Crippen LogP contribution in [-0.4, -0.2) is 27.4 Å². The molecule has 0 saturated carbocycles. The Bertz CT molecular complexity index is 236. The Hall–Kier alpha value is -0.610. The highest BCUT2D eigenvalue weighted by atomic mass is 35.5. The maximum absolute atomic E-state index is 5.55. The maximum Gasteiger partial charge on any atom is 0.0964 e. The van der Waals surface area contributed by atoms with Crippen molar-refractivity contribution in [3.63, 3.8) is 0 Å². The van der Waals surface area contributed by atoms with Crippen molar-refractivity contribution < 1.29 is 0 Å². The van der Waals surface area contributed by atoms with Gasteiger partial charge in [0.2, 0.25) is 0 Å². The Kier molecular flexibility index (Phi) is 4.78. The SMILES string of the molecule is Cn1cc(CNCCCCCl)nn1. The molecular formula is C8H15ClN4. The summed E-state index contributed by atoms with van der Waals surface area (Å²) in [5, 5.41) is 11.1. The van der Waals surface area contributed by atoms with Crippen molar-refractivity contribution >= 4 is 11.6 Å². The van der Waals surface area contributed by atoms with E-state index in [1.165, 1.54) is 0 Å². The predicted octanol–water partition coefficient (Wildman–Crippen LogP) is 0.924. The summed E-state index contributed by atoms with van der Waals surface area (Å²) in [5.74, 6) is 0.743. The Morgan fingerprint density at radius 1 is 1.54 bits per heavy atom. The van der Waals surface area contributed by atoms with Crippen LogP contribution in [-0.2, 0) is 13.6 Å². The summed E-state index contributed by atoms with van der Waals surface area (Å²) in [5.41, 5.74) is 0.980. The summed E-state index contributed by atoms with van der Waals surface area (Å²) in [4.78, 5) is 0. The number of nitrogens with one attached hydrogen (secondary N) is 1. The van der Waals surface area contributed by atoms with Gasteiger partial charge in [0.05, 0.1) is 5.69 Å². The van der Waals surface area contributed by atoms with Gasteiger partial charge in [-0.15, -0.1) is 16.7 Å². The summed E-state index contributed by atoms with van der Waals surface area (Å²) >= 11 is 5.55. The number of hydrogen-bond acceptors (Lipinski definition) is 3. The van der Waals surface area contributed by atoms with Crippen LogP contribution in [0.4, 0.5) is 0 Å². The molecule has 1 heterocycles. The third kappa shape index (κ3) is 4.24. The van der Waals surface area contributed by atoms with Crippen LogP contribution >= 0.6 is 11.6 Å². The quantitative estimate of drug-likeness (QED) is 0.551. The zero-order chi connectivity index (χ0) is 9.52. The Morgan fingerprint density at radius 2 is 2.38 bits per heavy atom. The highest BCUT2D eigenvalue weighted by molar-refractivity contribution is 6.17. The summed E-state index contributed by atoms with van der Waals surface area (Å²) in [6.45, 7) is 1.78. The first-order valence-corrected chi connectivity index (χ1v) is 4.98. The molecule has 0 saturated heterocycles. The van der Waals surface area contributed by atoms with Crippen LogP contribution in [0.15, 0.2) is 6.20 Å². The topological polar surface area (TPSA) is 42.7 Å². The summed E-state index contributed by atoms with van der Waals surface area (Å²) in [7, 11) is 1.87. The summed E-state index contributed by atoms with van der Waals surface area (Å²) in [6.07, 6.45) is 4.09. The van der Waals surface area contributed by atoms with Crippen molar-refractivity contribution in [2.75, 3.05) is 12.4 Å². The van der Waals surface area contributed by atoms with Gasteiger partial charge < -0.3 is 5.32 Å². The maximum atomic E-state index is 5.55. The van der Waals surface area contributed by atoms with Gasteiger partial charge in [-0.2, -0.15) is 0 Å². The number of aryl methyl sites for hydroxylation is 1. The fourth-order valence-corrected chi connectivity index (χ4v) is 1.23. The van der Waals surface area contributed by atoms with E-state index in [0.717, 1.165) is 37.5 Å². The predicted molar refractivity (Wildman–Crippen MR) is 52.7 cm³/mol. The fraction of sp³-hybridized carbons (Fsp3) is 0.750. The number of hydrogen-bond donors (Lipinski definition) is 1. The van der Waals surface area contributed by atoms with Gasteiger partial charge in [0.1, 0.15) is 0 Å². The second-order valence-electron chi connectivity index (χ2n) is 2.96. The van der Waals surface area contributed by atoms with E-state index in [4.69, 9.17) is 11.6 Å². The van der Waals surface area contributed by atoms with Crippen LogP contribution in [0.2, 0.25) is 0 Å². The van der Waals surface area contributed by atoms with Gasteiger partial charge in [-0.25, -0.2) is 0 Å². The van der Waals surface area contributed by atoms with Gasteiger partial charge in [-0.1, -0.05) is 5.21 Å².